The molecular formula is C8H9ClFNO. The molecule has 0 fully saturated rings. The van der Waals surface area contributed by atoms with Gasteiger partial charge in [0.15, 0.2) is 0 Å². The molecule has 2 nitrogen and oxygen atoms in total. The molecule has 12 heavy (non-hydrogen) atoms. The largest absolute Gasteiger partial charge is 0.506 e. The maximum absolute atomic E-state index is 12.7. The third-order valence-corrected chi connectivity index (χ3v) is 1.76. The van der Waals surface area contributed by atoms with Crippen LogP contribution in [0, 0.1) is 5.82 Å². The normalized spacial score (nSPS) is 10.2. The van der Waals surface area contributed by atoms with Crippen molar-refractivity contribution in [2.75, 3.05) is 7.05 Å². The van der Waals surface area contributed by atoms with E-state index in [0.717, 1.165) is 6.07 Å². The second-order valence-electron chi connectivity index (χ2n) is 2.43. The molecule has 0 spiro atoms. The lowest BCUT2D eigenvalue weighted by atomic mass is 10.2. The van der Waals surface area contributed by atoms with E-state index in [2.05, 4.69) is 5.32 Å². The Kier molecular flexibility index (Phi) is 2.89. The van der Waals surface area contributed by atoms with Gasteiger partial charge in [0.1, 0.15) is 11.6 Å². The predicted octanol–water partition coefficient (Wildman–Crippen LogP) is 1.90. The first-order valence-electron chi connectivity index (χ1n) is 3.46. The van der Waals surface area contributed by atoms with Crippen LogP contribution in [0.5, 0.6) is 5.75 Å². The third-order valence-electron chi connectivity index (χ3n) is 1.47. The maximum atomic E-state index is 12.7. The van der Waals surface area contributed by atoms with E-state index in [-0.39, 0.29) is 10.8 Å². The van der Waals surface area contributed by atoms with Crippen molar-refractivity contribution in [3.8, 4) is 5.75 Å². The summed E-state index contributed by atoms with van der Waals surface area (Å²) < 4.78 is 12.7. The fraction of sp³-hybridized carbons (Fsp3) is 0.250. The van der Waals surface area contributed by atoms with Crippen LogP contribution in [0.25, 0.3) is 0 Å². The number of aromatic hydroxyl groups is 1. The Labute approximate surface area is 75.0 Å². The summed E-state index contributed by atoms with van der Waals surface area (Å²) in [6.45, 7) is 0.392. The van der Waals surface area contributed by atoms with Gasteiger partial charge in [-0.15, -0.1) is 0 Å². The van der Waals surface area contributed by atoms with Crippen molar-refractivity contribution >= 4 is 11.6 Å². The van der Waals surface area contributed by atoms with Crippen molar-refractivity contribution in [3.63, 3.8) is 0 Å². The van der Waals surface area contributed by atoms with Crippen LogP contribution in [0.4, 0.5) is 4.39 Å². The third kappa shape index (κ3) is 1.87. The number of phenols is 1. The van der Waals surface area contributed by atoms with Crippen molar-refractivity contribution in [3.05, 3.63) is 28.5 Å². The van der Waals surface area contributed by atoms with Gasteiger partial charge in [0, 0.05) is 12.1 Å². The molecule has 0 amide bonds. The van der Waals surface area contributed by atoms with Gasteiger partial charge in [-0.1, -0.05) is 11.6 Å². The maximum Gasteiger partial charge on any atom is 0.138 e. The Balaban J connectivity index is 3.09. The SMILES string of the molecule is CNCc1cc(F)cc(Cl)c1O. The molecule has 0 aliphatic carbocycles. The van der Waals surface area contributed by atoms with Crippen LogP contribution < -0.4 is 5.32 Å². The zero-order valence-corrected chi connectivity index (χ0v) is 7.32. The molecule has 0 aliphatic heterocycles. The monoisotopic (exact) mass is 189 g/mol. The summed E-state index contributed by atoms with van der Waals surface area (Å²) in [5.74, 6) is -0.504. The number of phenolic OH excluding ortho intramolecular Hbond substituents is 1. The summed E-state index contributed by atoms with van der Waals surface area (Å²) in [6, 6.07) is 2.33. The van der Waals surface area contributed by atoms with E-state index in [1.807, 2.05) is 0 Å². The molecule has 0 atom stereocenters. The van der Waals surface area contributed by atoms with E-state index in [1.165, 1.54) is 6.07 Å². The predicted molar refractivity (Wildman–Crippen MR) is 45.8 cm³/mol. The molecule has 2 N–H and O–H groups in total. The van der Waals surface area contributed by atoms with Gasteiger partial charge in [-0.25, -0.2) is 4.39 Å². The fourth-order valence-corrected chi connectivity index (χ4v) is 1.17. The molecule has 1 rings (SSSR count). The Morgan fingerprint density at radius 1 is 1.58 bits per heavy atom. The molecule has 0 aromatic heterocycles. The second kappa shape index (κ2) is 3.74. The molecule has 4 heteroatoms. The van der Waals surface area contributed by atoms with Crippen molar-refractivity contribution in [2.24, 2.45) is 0 Å². The minimum atomic E-state index is -0.442. The lowest BCUT2D eigenvalue weighted by Crippen LogP contribution is -2.05. The van der Waals surface area contributed by atoms with Gasteiger partial charge >= 0.3 is 0 Å². The minimum Gasteiger partial charge on any atom is -0.506 e. The van der Waals surface area contributed by atoms with Gasteiger partial charge in [-0.05, 0) is 19.2 Å². The summed E-state index contributed by atoms with van der Waals surface area (Å²) in [7, 11) is 1.71. The molecule has 0 saturated carbocycles. The van der Waals surface area contributed by atoms with Crippen molar-refractivity contribution < 1.29 is 9.50 Å². The van der Waals surface area contributed by atoms with Crippen LogP contribution in [0.2, 0.25) is 5.02 Å². The van der Waals surface area contributed by atoms with Gasteiger partial charge < -0.3 is 10.4 Å². The molecule has 0 radical (unpaired) electrons. The van der Waals surface area contributed by atoms with E-state index < -0.39 is 5.82 Å². The number of rotatable bonds is 2. The summed E-state index contributed by atoms with van der Waals surface area (Å²) in [4.78, 5) is 0. The topological polar surface area (TPSA) is 32.3 Å². The van der Waals surface area contributed by atoms with E-state index in [1.54, 1.807) is 7.05 Å². The number of halogens is 2. The highest BCUT2D eigenvalue weighted by Crippen LogP contribution is 2.28. The fourth-order valence-electron chi connectivity index (χ4n) is 0.944. The van der Waals surface area contributed by atoms with Crippen LogP contribution in [-0.2, 0) is 6.54 Å². The Bertz CT molecular complexity index is 291. The van der Waals surface area contributed by atoms with Crippen LogP contribution in [0.15, 0.2) is 12.1 Å². The molecule has 0 bridgehead atoms. The Morgan fingerprint density at radius 3 is 2.83 bits per heavy atom. The number of hydrogen-bond donors (Lipinski definition) is 2. The summed E-state index contributed by atoms with van der Waals surface area (Å²) in [6.07, 6.45) is 0. The summed E-state index contributed by atoms with van der Waals surface area (Å²) in [5, 5.41) is 12.2. The molecular weight excluding hydrogens is 181 g/mol. The van der Waals surface area contributed by atoms with Crippen molar-refractivity contribution in [1.29, 1.82) is 0 Å². The smallest absolute Gasteiger partial charge is 0.138 e. The Hall–Kier alpha value is -0.800. The molecule has 1 aromatic carbocycles. The molecule has 66 valence electrons. The first kappa shape index (κ1) is 9.29. The number of benzene rings is 1. The highest BCUT2D eigenvalue weighted by Gasteiger charge is 2.06. The van der Waals surface area contributed by atoms with Gasteiger partial charge in [0.05, 0.1) is 5.02 Å². The quantitative estimate of drug-likeness (QED) is 0.745. The van der Waals surface area contributed by atoms with E-state index in [9.17, 15) is 9.50 Å². The highest BCUT2D eigenvalue weighted by molar-refractivity contribution is 6.32. The first-order valence-corrected chi connectivity index (χ1v) is 3.84. The first-order chi connectivity index (χ1) is 5.65. The molecule has 0 saturated heterocycles. The van der Waals surface area contributed by atoms with Gasteiger partial charge in [0.25, 0.3) is 0 Å². The zero-order valence-electron chi connectivity index (χ0n) is 6.56. The summed E-state index contributed by atoms with van der Waals surface area (Å²) in [5.41, 5.74) is 0.461. The lowest BCUT2D eigenvalue weighted by Gasteiger charge is -2.05. The average molecular weight is 190 g/mol. The average Bonchev–Trinajstić information content (AvgIpc) is 2.00. The molecule has 0 aliphatic rings. The highest BCUT2D eigenvalue weighted by atomic mass is 35.5. The standard InChI is InChI=1S/C8H9ClFNO/c1-11-4-5-2-6(10)3-7(9)8(5)12/h2-3,11-12H,4H2,1H3. The van der Waals surface area contributed by atoms with E-state index in [0.29, 0.717) is 12.1 Å². The summed E-state index contributed by atoms with van der Waals surface area (Å²) >= 11 is 5.54. The molecule has 0 unspecified atom stereocenters. The van der Waals surface area contributed by atoms with Crippen molar-refractivity contribution in [1.82, 2.24) is 5.32 Å². The van der Waals surface area contributed by atoms with Gasteiger partial charge in [0.2, 0.25) is 0 Å². The van der Waals surface area contributed by atoms with Crippen LogP contribution >= 0.6 is 11.6 Å². The Morgan fingerprint density at radius 2 is 2.25 bits per heavy atom. The van der Waals surface area contributed by atoms with E-state index >= 15 is 0 Å². The van der Waals surface area contributed by atoms with Crippen LogP contribution in [0.1, 0.15) is 5.56 Å². The lowest BCUT2D eigenvalue weighted by molar-refractivity contribution is 0.463. The van der Waals surface area contributed by atoms with Crippen LogP contribution in [-0.4, -0.2) is 12.2 Å². The van der Waals surface area contributed by atoms with Crippen LogP contribution in [0.3, 0.4) is 0 Å². The zero-order chi connectivity index (χ0) is 9.14. The molecule has 0 heterocycles. The van der Waals surface area contributed by atoms with Gasteiger partial charge in [-0.3, -0.25) is 0 Å². The minimum absolute atomic E-state index is 0.0419. The number of nitrogens with one attached hydrogen (secondary N) is 1. The second-order valence-corrected chi connectivity index (χ2v) is 2.83. The van der Waals surface area contributed by atoms with Gasteiger partial charge in [-0.2, -0.15) is 0 Å². The van der Waals surface area contributed by atoms with E-state index in [4.69, 9.17) is 11.6 Å². The number of hydrogen-bond acceptors (Lipinski definition) is 2. The van der Waals surface area contributed by atoms with Crippen molar-refractivity contribution in [2.45, 2.75) is 6.54 Å². The molecule has 1 aromatic rings.